The Balaban J connectivity index is 0.000000280. The molecule has 0 nitrogen and oxygen atoms in total. The first-order chi connectivity index (χ1) is 7.70. The highest BCUT2D eigenvalue weighted by atomic mass is 36.0. The molecule has 0 amide bonds. The Morgan fingerprint density at radius 3 is 1.06 bits per heavy atom. The van der Waals surface area contributed by atoms with E-state index in [9.17, 15) is 0 Å². The van der Waals surface area contributed by atoms with Gasteiger partial charge in [0.25, 0.3) is 0 Å². The van der Waals surface area contributed by atoms with Gasteiger partial charge in [0.15, 0.2) is 5.98 Å². The van der Waals surface area contributed by atoms with Crippen molar-refractivity contribution in [3.05, 3.63) is 60.7 Å². The average Bonchev–Trinajstić information content (AvgIpc) is 2.31. The molecule has 0 aliphatic rings. The molecule has 0 saturated carbocycles. The van der Waals surface area contributed by atoms with Crippen LogP contribution in [-0.4, -0.2) is 0 Å². The van der Waals surface area contributed by atoms with Gasteiger partial charge in [-0.1, -0.05) is 94.4 Å². The van der Waals surface area contributed by atoms with Gasteiger partial charge in [-0.05, 0) is 11.1 Å². The number of halogens is 3. The maximum Gasteiger partial charge on any atom is 0.179 e. The summed E-state index contributed by atoms with van der Waals surface area (Å²) in [5.41, 5.74) is 2.55. The van der Waals surface area contributed by atoms with Gasteiger partial charge in [0.05, 0.1) is 0 Å². The third kappa shape index (κ3) is 5.72. The van der Waals surface area contributed by atoms with Crippen molar-refractivity contribution in [2.75, 3.05) is 0 Å². The van der Waals surface area contributed by atoms with Gasteiger partial charge in [-0.15, -0.1) is 0 Å². The predicted molar refractivity (Wildman–Crippen MR) is 76.4 cm³/mol. The summed E-state index contributed by atoms with van der Waals surface area (Å²) >= 11 is 14.6. The molecular weight excluding hydrogens is 281 g/mol. The Morgan fingerprint density at radius 1 is 0.562 bits per heavy atom. The lowest BCUT2D eigenvalue weighted by atomic mass is 10.1. The minimum absolute atomic E-state index is 1.20. The molecular formula is C12H10Cl3P. The van der Waals surface area contributed by atoms with Crippen LogP contribution in [0, 0.1) is 0 Å². The Bertz CT molecular complexity index is 349. The molecule has 0 bridgehead atoms. The number of benzene rings is 2. The second-order valence-corrected chi connectivity index (χ2v) is 7.91. The van der Waals surface area contributed by atoms with Gasteiger partial charge >= 0.3 is 0 Å². The molecule has 2 rings (SSSR count). The van der Waals surface area contributed by atoms with Crippen molar-refractivity contribution >= 4 is 39.7 Å². The lowest BCUT2D eigenvalue weighted by molar-refractivity contribution is 1.62. The minimum atomic E-state index is -1.20. The molecule has 84 valence electrons. The Morgan fingerprint density at radius 2 is 0.812 bits per heavy atom. The molecule has 2 aromatic rings. The molecule has 4 heteroatoms. The average molecular weight is 292 g/mol. The van der Waals surface area contributed by atoms with Gasteiger partial charge in [0.1, 0.15) is 0 Å². The van der Waals surface area contributed by atoms with Crippen LogP contribution < -0.4 is 0 Å². The van der Waals surface area contributed by atoms with E-state index in [1.165, 1.54) is 11.1 Å². The highest BCUT2D eigenvalue weighted by Gasteiger charge is 1.91. The van der Waals surface area contributed by atoms with E-state index in [-0.39, 0.29) is 0 Å². The molecule has 0 aromatic heterocycles. The molecule has 0 heterocycles. The summed E-state index contributed by atoms with van der Waals surface area (Å²) in [4.78, 5) is 0. The molecule has 0 saturated heterocycles. The smallest absolute Gasteiger partial charge is 0.0622 e. The largest absolute Gasteiger partial charge is 0.179 e. The predicted octanol–water partition coefficient (Wildman–Crippen LogP) is 6.28. The molecule has 0 spiro atoms. The third-order valence-electron chi connectivity index (χ3n) is 1.88. The monoisotopic (exact) mass is 290 g/mol. The van der Waals surface area contributed by atoms with Crippen molar-refractivity contribution in [1.29, 1.82) is 0 Å². The van der Waals surface area contributed by atoms with Crippen LogP contribution in [-0.2, 0) is 0 Å². The van der Waals surface area contributed by atoms with Crippen molar-refractivity contribution < 1.29 is 0 Å². The lowest BCUT2D eigenvalue weighted by Crippen LogP contribution is -1.73. The zero-order valence-electron chi connectivity index (χ0n) is 8.35. The Kier molecular flexibility index (Phi) is 6.84. The second kappa shape index (κ2) is 7.92. The molecule has 0 fully saturated rings. The maximum absolute atomic E-state index is 4.87. The summed E-state index contributed by atoms with van der Waals surface area (Å²) in [6.45, 7) is 0. The summed E-state index contributed by atoms with van der Waals surface area (Å²) in [6.07, 6.45) is 0. The van der Waals surface area contributed by atoms with Crippen LogP contribution in [0.15, 0.2) is 60.7 Å². The van der Waals surface area contributed by atoms with Crippen LogP contribution in [0.1, 0.15) is 0 Å². The first-order valence-electron chi connectivity index (χ1n) is 4.58. The lowest BCUT2D eigenvalue weighted by Gasteiger charge is -1.98. The highest BCUT2D eigenvalue weighted by molar-refractivity contribution is 8.20. The van der Waals surface area contributed by atoms with E-state index in [1.807, 2.05) is 12.1 Å². The van der Waals surface area contributed by atoms with Gasteiger partial charge < -0.3 is 0 Å². The normalized spacial score (nSPS) is 9.50. The Labute approximate surface area is 111 Å². The first-order valence-corrected chi connectivity index (χ1v) is 8.64. The zero-order chi connectivity index (χ0) is 11.8. The SMILES string of the molecule is ClP(Cl)Cl.c1ccc(-c2ccccc2)cc1. The fourth-order valence-corrected chi connectivity index (χ4v) is 1.26. The fraction of sp³-hybridized carbons (Fsp3) is 0. The van der Waals surface area contributed by atoms with Crippen LogP contribution in [0.3, 0.4) is 0 Å². The Hall–Kier alpha value is -0.260. The number of hydrogen-bond acceptors (Lipinski definition) is 0. The van der Waals surface area contributed by atoms with E-state index in [0.29, 0.717) is 0 Å². The maximum atomic E-state index is 4.87. The van der Waals surface area contributed by atoms with Gasteiger partial charge in [-0.25, -0.2) is 0 Å². The van der Waals surface area contributed by atoms with Gasteiger partial charge in [-0.2, -0.15) is 0 Å². The topological polar surface area (TPSA) is 0 Å². The van der Waals surface area contributed by atoms with E-state index >= 15 is 0 Å². The molecule has 16 heavy (non-hydrogen) atoms. The summed E-state index contributed by atoms with van der Waals surface area (Å²) in [6, 6.07) is 20.8. The number of hydrogen-bond donors (Lipinski definition) is 0. The molecule has 0 unspecified atom stereocenters. The van der Waals surface area contributed by atoms with E-state index < -0.39 is 5.98 Å². The van der Waals surface area contributed by atoms with Crippen molar-refractivity contribution in [2.24, 2.45) is 0 Å². The van der Waals surface area contributed by atoms with Crippen LogP contribution in [0.2, 0.25) is 0 Å². The molecule has 2 aromatic carbocycles. The summed E-state index contributed by atoms with van der Waals surface area (Å²) in [7, 11) is 0. The van der Waals surface area contributed by atoms with Crippen molar-refractivity contribution in [3.8, 4) is 11.1 Å². The fourth-order valence-electron chi connectivity index (χ4n) is 1.26. The standard InChI is InChI=1S/C12H10.Cl3P/c1-3-7-11(8-4-1)12-9-5-2-6-10-12;1-4(2)3/h1-10H;. The van der Waals surface area contributed by atoms with Gasteiger partial charge in [0.2, 0.25) is 0 Å². The molecule has 0 radical (unpaired) electrons. The van der Waals surface area contributed by atoms with E-state index in [0.717, 1.165) is 0 Å². The zero-order valence-corrected chi connectivity index (χ0v) is 11.5. The van der Waals surface area contributed by atoms with E-state index in [2.05, 4.69) is 48.5 Å². The van der Waals surface area contributed by atoms with Crippen LogP contribution in [0.25, 0.3) is 11.1 Å². The van der Waals surface area contributed by atoms with Crippen molar-refractivity contribution in [2.45, 2.75) is 0 Å². The summed E-state index contributed by atoms with van der Waals surface area (Å²) in [5, 5.41) is 0. The van der Waals surface area contributed by atoms with Crippen molar-refractivity contribution in [1.82, 2.24) is 0 Å². The van der Waals surface area contributed by atoms with Crippen LogP contribution in [0.5, 0.6) is 0 Å². The van der Waals surface area contributed by atoms with Crippen molar-refractivity contribution in [3.63, 3.8) is 0 Å². The second-order valence-electron chi connectivity index (χ2n) is 2.92. The summed E-state index contributed by atoms with van der Waals surface area (Å²) < 4.78 is 0. The molecule has 0 N–H and O–H groups in total. The van der Waals surface area contributed by atoms with Crippen LogP contribution >= 0.6 is 39.7 Å². The molecule has 0 aliphatic carbocycles. The first kappa shape index (κ1) is 13.8. The van der Waals surface area contributed by atoms with Crippen LogP contribution in [0.4, 0.5) is 0 Å². The minimum Gasteiger partial charge on any atom is -0.0622 e. The third-order valence-corrected chi connectivity index (χ3v) is 1.88. The highest BCUT2D eigenvalue weighted by Crippen LogP contribution is 2.51. The number of rotatable bonds is 1. The van der Waals surface area contributed by atoms with E-state index in [4.69, 9.17) is 33.7 Å². The summed E-state index contributed by atoms with van der Waals surface area (Å²) in [5.74, 6) is -1.20. The quantitative estimate of drug-likeness (QED) is 0.542. The van der Waals surface area contributed by atoms with Gasteiger partial charge in [0, 0.05) is 0 Å². The van der Waals surface area contributed by atoms with Gasteiger partial charge in [-0.3, -0.25) is 0 Å². The van der Waals surface area contributed by atoms with E-state index in [1.54, 1.807) is 0 Å². The molecule has 0 aliphatic heterocycles. The molecule has 0 atom stereocenters.